The molecule has 0 radical (unpaired) electrons. The van der Waals surface area contributed by atoms with Crippen LogP contribution in [0.25, 0.3) is 22.3 Å². The summed E-state index contributed by atoms with van der Waals surface area (Å²) in [5, 5.41) is 2.98. The van der Waals surface area contributed by atoms with Gasteiger partial charge in [0.05, 0.1) is 10.6 Å². The smallest absolute Gasteiger partial charge is 0.462 e. The Balaban J connectivity index is 1.13. The van der Waals surface area contributed by atoms with Crippen molar-refractivity contribution in [3.63, 3.8) is 0 Å². The Kier molecular flexibility index (Phi) is 23.7. The molecule has 7 nitrogen and oxygen atoms in total. The Morgan fingerprint density at radius 2 is 0.385 bits per heavy atom. The van der Waals surface area contributed by atoms with Gasteiger partial charge in [-0.3, -0.25) is 0 Å². The molecule has 109 heavy (non-hydrogen) atoms. The molecule has 0 aliphatic carbocycles. The number of hydrogen-bond donors (Lipinski definition) is 0. The molecule has 0 saturated heterocycles. The van der Waals surface area contributed by atoms with Crippen LogP contribution < -0.4 is 43.8 Å². The first kappa shape index (κ1) is 85.9. The lowest BCUT2D eigenvalue weighted by atomic mass is 9.78. The second kappa shape index (κ2) is 30.1. The molecule has 0 N–H and O–H groups in total. The fourth-order valence-electron chi connectivity index (χ4n) is 15.1. The van der Waals surface area contributed by atoms with Gasteiger partial charge < -0.3 is 22.6 Å². The van der Waals surface area contributed by atoms with Crippen molar-refractivity contribution in [2.24, 2.45) is 0 Å². The third kappa shape index (κ3) is 19.5. The molecule has 0 aliphatic heterocycles. The first-order valence-electron chi connectivity index (χ1n) is 39.3. The highest BCUT2D eigenvalue weighted by Crippen LogP contribution is 2.56. The van der Waals surface area contributed by atoms with Crippen LogP contribution in [0.4, 0.5) is 0 Å². The molecule has 0 atom stereocenters. The van der Waals surface area contributed by atoms with Crippen molar-refractivity contribution in [3.05, 3.63) is 241 Å². The molecule has 0 saturated carbocycles. The molecule has 0 aliphatic rings. The molecule has 0 unspecified atom stereocenters. The van der Waals surface area contributed by atoms with Crippen LogP contribution in [0, 0.1) is 34.6 Å². The van der Waals surface area contributed by atoms with Gasteiger partial charge in [-0.2, -0.15) is 0 Å². The van der Waals surface area contributed by atoms with Gasteiger partial charge in [-0.1, -0.05) is 311 Å². The molecule has 9 aromatic carbocycles. The Labute approximate surface area is 660 Å². The van der Waals surface area contributed by atoms with Gasteiger partial charge in [0.25, 0.3) is 0 Å². The highest BCUT2D eigenvalue weighted by molar-refractivity contribution is 7.69. The van der Waals surface area contributed by atoms with E-state index in [4.69, 9.17) is 22.6 Å². The normalized spacial score (nSPS) is 13.4. The van der Waals surface area contributed by atoms with Crippen molar-refractivity contribution >= 4 is 44.6 Å². The van der Waals surface area contributed by atoms with Crippen molar-refractivity contribution in [3.8, 4) is 51.0 Å². The standard InChI is InChI=1S/C99H131O7P3/c1-62-52-85(80(95(21,22)23)57-75(62)90(6,7)8)102-107(71-44-36-67(37-45-71)69-40-48-73(49-41-69)108(100,103-86-53-63(2)76(91(9,10)11)58-81(86)96(24,25)26)104-87-54-64(3)77(92(12,13)14)59-82(87)97(27,28)29)72-46-38-68(39-47-72)70-42-50-74(51-43-70)109(101,105-88-55-65(4)78(93(15,16)17)60-83(88)98(30,31)32)106-89-56-66(5)79(94(18,19)20)61-84(89)99(33,34)35/h36-61H,1-35H3. The molecule has 0 amide bonds. The summed E-state index contributed by atoms with van der Waals surface area (Å²) in [7, 11) is -9.89. The van der Waals surface area contributed by atoms with Gasteiger partial charge in [-0.15, -0.1) is 0 Å². The van der Waals surface area contributed by atoms with Gasteiger partial charge in [-0.25, -0.2) is 9.13 Å². The van der Waals surface area contributed by atoms with Crippen LogP contribution in [-0.4, -0.2) is 0 Å². The highest BCUT2D eigenvalue weighted by atomic mass is 31.2. The van der Waals surface area contributed by atoms with Crippen LogP contribution in [0.1, 0.15) is 291 Å². The van der Waals surface area contributed by atoms with E-state index in [1.807, 2.05) is 48.5 Å². The average Bonchev–Trinajstić information content (AvgIpc) is 0.764. The maximum atomic E-state index is 16.5. The largest absolute Gasteiger partial charge is 0.464 e. The van der Waals surface area contributed by atoms with E-state index < -0.39 is 23.3 Å². The average molecular weight is 1530 g/mol. The lowest BCUT2D eigenvalue weighted by molar-refractivity contribution is 0.385. The van der Waals surface area contributed by atoms with Crippen LogP contribution in [-0.2, 0) is 63.3 Å². The van der Waals surface area contributed by atoms with Crippen LogP contribution >= 0.6 is 23.3 Å². The summed E-state index contributed by atoms with van der Waals surface area (Å²) >= 11 is 0. The van der Waals surface area contributed by atoms with Gasteiger partial charge in [0.15, 0.2) is 8.15 Å². The topological polar surface area (TPSA) is 80.3 Å². The molecule has 0 aromatic heterocycles. The molecule has 0 fully saturated rings. The molecular weight excluding hydrogens is 1390 g/mol. The van der Waals surface area contributed by atoms with Crippen LogP contribution in [0.15, 0.2) is 158 Å². The molecule has 9 aromatic rings. The number of rotatable bonds is 16. The van der Waals surface area contributed by atoms with E-state index in [-0.39, 0.29) is 54.1 Å². The van der Waals surface area contributed by atoms with Gasteiger partial charge in [0.2, 0.25) is 0 Å². The zero-order valence-corrected chi connectivity index (χ0v) is 75.9. The third-order valence-electron chi connectivity index (χ3n) is 21.0. The molecular formula is C99H131O7P3. The third-order valence-corrected chi connectivity index (χ3v) is 26.5. The van der Waals surface area contributed by atoms with E-state index >= 15 is 9.13 Å². The maximum absolute atomic E-state index is 16.5. The molecule has 9 rings (SSSR count). The minimum atomic E-state index is -4.21. The van der Waals surface area contributed by atoms with Crippen molar-refractivity contribution in [1.82, 2.24) is 0 Å². The Morgan fingerprint density at radius 3 is 0.569 bits per heavy atom. The second-order valence-electron chi connectivity index (χ2n) is 41.2. The zero-order chi connectivity index (χ0) is 81.7. The first-order chi connectivity index (χ1) is 49.6. The summed E-state index contributed by atoms with van der Waals surface area (Å²) in [5.74, 6) is 3.05. The molecule has 584 valence electrons. The summed E-state index contributed by atoms with van der Waals surface area (Å²) in [4.78, 5) is 0. The van der Waals surface area contributed by atoms with Gasteiger partial charge in [-0.05, 0) is 221 Å². The van der Waals surface area contributed by atoms with E-state index in [0.717, 1.165) is 88.7 Å². The van der Waals surface area contributed by atoms with Crippen molar-refractivity contribution in [2.45, 2.75) is 296 Å². The fraction of sp³-hybridized carbons (Fsp3) is 0.455. The zero-order valence-electron chi connectivity index (χ0n) is 73.2. The number of benzene rings is 9. The molecule has 0 heterocycles. The molecule has 0 spiro atoms. The van der Waals surface area contributed by atoms with E-state index in [0.29, 0.717) is 33.6 Å². The van der Waals surface area contributed by atoms with Gasteiger partial charge in [0.1, 0.15) is 28.7 Å². The van der Waals surface area contributed by atoms with Crippen LogP contribution in [0.2, 0.25) is 0 Å². The van der Waals surface area contributed by atoms with Gasteiger partial charge in [0, 0.05) is 38.4 Å². The first-order valence-corrected chi connectivity index (χ1v) is 43.6. The Morgan fingerprint density at radius 1 is 0.220 bits per heavy atom. The lowest BCUT2D eigenvalue weighted by Crippen LogP contribution is -2.22. The Bertz CT molecular complexity index is 4480. The second-order valence-corrected chi connectivity index (χ2v) is 46.8. The van der Waals surface area contributed by atoms with Crippen molar-refractivity contribution < 1.29 is 31.7 Å². The highest BCUT2D eigenvalue weighted by Gasteiger charge is 2.41. The minimum absolute atomic E-state index is 0.0789. The predicted molar refractivity (Wildman–Crippen MR) is 470 cm³/mol. The van der Waals surface area contributed by atoms with E-state index in [1.54, 1.807) is 0 Å². The summed E-state index contributed by atoms with van der Waals surface area (Å²) in [5.41, 5.74) is 18.2. The number of aryl methyl sites for hydroxylation is 5. The quantitative estimate of drug-likeness (QED) is 0.0892. The van der Waals surface area contributed by atoms with Crippen molar-refractivity contribution in [1.29, 1.82) is 0 Å². The molecule has 0 bridgehead atoms. The van der Waals surface area contributed by atoms with E-state index in [2.05, 4.69) is 352 Å². The van der Waals surface area contributed by atoms with Gasteiger partial charge >= 0.3 is 15.2 Å². The summed E-state index contributed by atoms with van der Waals surface area (Å²) in [6, 6.07) is 55.0. The monoisotopic (exact) mass is 1520 g/mol. The fourth-order valence-corrected chi connectivity index (χ4v) is 20.0. The SMILES string of the molecule is Cc1cc(OP(c2ccc(-c3ccc(P(=O)(Oc4cc(C)c(C(C)(C)C)cc4C(C)(C)C)Oc4cc(C)c(C(C)(C)C)cc4C(C)(C)C)cc3)cc2)c2ccc(-c3ccc(P(=O)(Oc4cc(C)c(C(C)(C)C)cc4C(C)(C)C)Oc4cc(C)c(C(C)(C)C)cc4C(C)(C)C)cc3)cc2)c(C(C)(C)C)cc1C(C)(C)C. The van der Waals surface area contributed by atoms with Crippen LogP contribution in [0.5, 0.6) is 28.7 Å². The van der Waals surface area contributed by atoms with E-state index in [9.17, 15) is 0 Å². The maximum Gasteiger partial charge on any atom is 0.462 e. The molecule has 10 heteroatoms. The van der Waals surface area contributed by atoms with E-state index in [1.165, 1.54) is 33.4 Å². The summed E-state index contributed by atoms with van der Waals surface area (Å²) < 4.78 is 68.8. The predicted octanol–water partition coefficient (Wildman–Crippen LogP) is 27.9. The summed E-state index contributed by atoms with van der Waals surface area (Å²) in [6.07, 6.45) is 0. The lowest BCUT2D eigenvalue weighted by Gasteiger charge is -2.32. The summed E-state index contributed by atoms with van der Waals surface area (Å²) in [6.45, 7) is 77.2. The van der Waals surface area contributed by atoms with Crippen LogP contribution in [0.3, 0.4) is 0 Å². The minimum Gasteiger partial charge on any atom is -0.464 e. The number of hydrogen-bond acceptors (Lipinski definition) is 7. The van der Waals surface area contributed by atoms with Crippen molar-refractivity contribution in [2.75, 3.05) is 0 Å². The Hall–Kier alpha value is -7.13.